The van der Waals surface area contributed by atoms with E-state index in [1.165, 1.54) is 19.3 Å². The maximum Gasteiger partial charge on any atom is 0.221 e. The van der Waals surface area contributed by atoms with E-state index in [0.29, 0.717) is 13.0 Å². The molecule has 0 spiro atoms. The van der Waals surface area contributed by atoms with Crippen molar-refractivity contribution in [2.75, 3.05) is 6.54 Å². The SMILES string of the molecule is Cl.Cl.NC(CC(=O)NCCCc1nnc2n1CCCCC2)c1ccccc1. The normalized spacial score (nSPS) is 14.1. The van der Waals surface area contributed by atoms with Crippen molar-refractivity contribution in [3.63, 3.8) is 0 Å². The smallest absolute Gasteiger partial charge is 0.221 e. The lowest BCUT2D eigenvalue weighted by molar-refractivity contribution is -0.121. The van der Waals surface area contributed by atoms with Crippen molar-refractivity contribution in [1.29, 1.82) is 0 Å². The van der Waals surface area contributed by atoms with E-state index < -0.39 is 0 Å². The molecule has 0 radical (unpaired) electrons. The molecule has 1 amide bonds. The average Bonchev–Trinajstić information content (AvgIpc) is 2.86. The zero-order valence-electron chi connectivity index (χ0n) is 15.5. The zero-order chi connectivity index (χ0) is 17.5. The third-order valence-corrected chi connectivity index (χ3v) is 4.72. The average molecular weight is 414 g/mol. The number of hydrogen-bond acceptors (Lipinski definition) is 4. The highest BCUT2D eigenvalue weighted by molar-refractivity contribution is 5.85. The van der Waals surface area contributed by atoms with Crippen LogP contribution in [0, 0.1) is 0 Å². The molecule has 1 unspecified atom stereocenters. The van der Waals surface area contributed by atoms with Gasteiger partial charge in [-0.1, -0.05) is 36.8 Å². The van der Waals surface area contributed by atoms with Crippen LogP contribution in [0.1, 0.15) is 55.4 Å². The number of nitrogens with two attached hydrogens (primary N) is 1. The van der Waals surface area contributed by atoms with Crippen molar-refractivity contribution in [2.45, 2.75) is 57.5 Å². The molecular formula is C19H29Cl2N5O. The molecule has 1 aromatic heterocycles. The number of fused-ring (bicyclic) bond motifs is 1. The molecule has 1 aliphatic heterocycles. The minimum Gasteiger partial charge on any atom is -0.356 e. The van der Waals surface area contributed by atoms with Crippen molar-refractivity contribution in [2.24, 2.45) is 5.73 Å². The Labute approximate surface area is 173 Å². The lowest BCUT2D eigenvalue weighted by atomic mass is 10.0. The van der Waals surface area contributed by atoms with E-state index >= 15 is 0 Å². The van der Waals surface area contributed by atoms with E-state index in [-0.39, 0.29) is 36.8 Å². The fourth-order valence-corrected chi connectivity index (χ4v) is 3.29. The molecule has 8 heteroatoms. The zero-order valence-corrected chi connectivity index (χ0v) is 17.1. The second kappa shape index (κ2) is 12.0. The Morgan fingerprint density at radius 3 is 2.70 bits per heavy atom. The van der Waals surface area contributed by atoms with Crippen LogP contribution in [0.4, 0.5) is 0 Å². The number of benzene rings is 1. The third-order valence-electron chi connectivity index (χ3n) is 4.72. The molecule has 3 rings (SSSR count). The summed E-state index contributed by atoms with van der Waals surface area (Å²) in [6.07, 6.45) is 6.72. The Hall–Kier alpha value is -1.63. The fraction of sp³-hybridized carbons (Fsp3) is 0.526. The molecule has 3 N–H and O–H groups in total. The summed E-state index contributed by atoms with van der Waals surface area (Å²) in [5.41, 5.74) is 7.08. The van der Waals surface area contributed by atoms with Gasteiger partial charge in [-0.25, -0.2) is 0 Å². The molecule has 0 saturated carbocycles. The van der Waals surface area contributed by atoms with E-state index in [1.54, 1.807) is 0 Å². The van der Waals surface area contributed by atoms with Crippen LogP contribution in [-0.2, 0) is 24.2 Å². The largest absolute Gasteiger partial charge is 0.356 e. The molecule has 2 aromatic rings. The predicted octanol–water partition coefficient (Wildman–Crippen LogP) is 2.99. The standard InChI is InChI=1S/C19H27N5O.2ClH/c20-16(15-8-3-1-4-9-15)14-19(25)21-12-7-11-18-23-22-17-10-5-2-6-13-24(17)18;;/h1,3-4,8-9,16H,2,5-7,10-14,20H2,(H,21,25);2*1H. The Morgan fingerprint density at radius 2 is 1.93 bits per heavy atom. The molecule has 0 saturated heterocycles. The first kappa shape index (κ1) is 23.4. The number of rotatable bonds is 7. The number of carbonyl (C=O) groups excluding carboxylic acids is 1. The molecule has 1 aromatic carbocycles. The van der Waals surface area contributed by atoms with Crippen molar-refractivity contribution in [3.8, 4) is 0 Å². The molecule has 6 nitrogen and oxygen atoms in total. The van der Waals surface area contributed by atoms with E-state index in [0.717, 1.165) is 43.0 Å². The van der Waals surface area contributed by atoms with Gasteiger partial charge < -0.3 is 15.6 Å². The quantitative estimate of drug-likeness (QED) is 0.682. The summed E-state index contributed by atoms with van der Waals surface area (Å²) < 4.78 is 2.26. The first-order chi connectivity index (χ1) is 12.2. The number of aryl methyl sites for hydroxylation is 2. The van der Waals surface area contributed by atoms with Gasteiger partial charge >= 0.3 is 0 Å². The molecule has 0 fully saturated rings. The van der Waals surface area contributed by atoms with Gasteiger partial charge in [0.2, 0.25) is 5.91 Å². The third kappa shape index (κ3) is 6.79. The van der Waals surface area contributed by atoms with Crippen LogP contribution >= 0.6 is 24.8 Å². The van der Waals surface area contributed by atoms with E-state index in [9.17, 15) is 4.79 Å². The summed E-state index contributed by atoms with van der Waals surface area (Å²) in [5, 5.41) is 11.6. The number of aromatic nitrogens is 3. The first-order valence-electron chi connectivity index (χ1n) is 9.22. The first-order valence-corrected chi connectivity index (χ1v) is 9.22. The van der Waals surface area contributed by atoms with Crippen LogP contribution in [0.25, 0.3) is 0 Å². The highest BCUT2D eigenvalue weighted by Gasteiger charge is 2.14. The van der Waals surface area contributed by atoms with Gasteiger partial charge in [0.15, 0.2) is 0 Å². The molecule has 27 heavy (non-hydrogen) atoms. The number of nitrogens with zero attached hydrogens (tertiary/aromatic N) is 3. The van der Waals surface area contributed by atoms with Crippen LogP contribution in [0.3, 0.4) is 0 Å². The minimum absolute atomic E-state index is 0. The van der Waals surface area contributed by atoms with Crippen LogP contribution in [0.2, 0.25) is 0 Å². The van der Waals surface area contributed by atoms with Crippen LogP contribution < -0.4 is 11.1 Å². The minimum atomic E-state index is -0.256. The van der Waals surface area contributed by atoms with Gasteiger partial charge in [-0.2, -0.15) is 0 Å². The van der Waals surface area contributed by atoms with Crippen LogP contribution in [-0.4, -0.2) is 27.2 Å². The Morgan fingerprint density at radius 1 is 1.15 bits per heavy atom. The highest BCUT2D eigenvalue weighted by atomic mass is 35.5. The van der Waals surface area contributed by atoms with Gasteiger partial charge in [0, 0.05) is 38.4 Å². The summed E-state index contributed by atoms with van der Waals surface area (Å²) in [4.78, 5) is 12.0. The number of nitrogens with one attached hydrogen (secondary N) is 1. The predicted molar refractivity (Wildman–Crippen MR) is 111 cm³/mol. The molecule has 0 bridgehead atoms. The molecular weight excluding hydrogens is 385 g/mol. The summed E-state index contributed by atoms with van der Waals surface area (Å²) in [7, 11) is 0. The van der Waals surface area contributed by atoms with Crippen molar-refractivity contribution in [1.82, 2.24) is 20.1 Å². The second-order valence-electron chi connectivity index (χ2n) is 6.67. The van der Waals surface area contributed by atoms with Crippen LogP contribution in [0.5, 0.6) is 0 Å². The van der Waals surface area contributed by atoms with Gasteiger partial charge in [-0.15, -0.1) is 35.0 Å². The van der Waals surface area contributed by atoms with Crippen molar-refractivity contribution >= 4 is 30.7 Å². The van der Waals surface area contributed by atoms with Crippen LogP contribution in [0.15, 0.2) is 30.3 Å². The maximum atomic E-state index is 12.0. The van der Waals surface area contributed by atoms with E-state index in [2.05, 4.69) is 20.1 Å². The van der Waals surface area contributed by atoms with Gasteiger partial charge in [0.1, 0.15) is 11.6 Å². The molecule has 2 heterocycles. The summed E-state index contributed by atoms with van der Waals surface area (Å²) in [6.45, 7) is 1.67. The van der Waals surface area contributed by atoms with E-state index in [1.807, 2.05) is 30.3 Å². The number of hydrogen-bond donors (Lipinski definition) is 2. The van der Waals surface area contributed by atoms with Gasteiger partial charge in [0.25, 0.3) is 0 Å². The Bertz CT molecular complexity index is 693. The Kier molecular flexibility index (Phi) is 10.4. The van der Waals surface area contributed by atoms with Gasteiger partial charge in [0.05, 0.1) is 0 Å². The Balaban J connectivity index is 0.00000182. The highest BCUT2D eigenvalue weighted by Crippen LogP contribution is 2.15. The lowest BCUT2D eigenvalue weighted by Crippen LogP contribution is -2.28. The monoisotopic (exact) mass is 413 g/mol. The fourth-order valence-electron chi connectivity index (χ4n) is 3.29. The summed E-state index contributed by atoms with van der Waals surface area (Å²) in [5.74, 6) is 2.16. The molecule has 1 aliphatic rings. The number of halogens is 2. The maximum absolute atomic E-state index is 12.0. The van der Waals surface area contributed by atoms with Gasteiger partial charge in [-0.3, -0.25) is 4.79 Å². The summed E-state index contributed by atoms with van der Waals surface area (Å²) in [6, 6.07) is 9.47. The topological polar surface area (TPSA) is 85.8 Å². The van der Waals surface area contributed by atoms with E-state index in [4.69, 9.17) is 5.73 Å². The molecule has 1 atom stereocenters. The van der Waals surface area contributed by atoms with Gasteiger partial charge in [-0.05, 0) is 24.8 Å². The lowest BCUT2D eigenvalue weighted by Gasteiger charge is -2.12. The molecule has 150 valence electrons. The van der Waals surface area contributed by atoms with Crippen molar-refractivity contribution in [3.05, 3.63) is 47.5 Å². The molecule has 0 aliphatic carbocycles. The summed E-state index contributed by atoms with van der Waals surface area (Å²) >= 11 is 0. The number of carbonyl (C=O) groups is 1. The van der Waals surface area contributed by atoms with Crippen molar-refractivity contribution < 1.29 is 4.79 Å². The second-order valence-corrected chi connectivity index (χ2v) is 6.67. The number of amides is 1.